The molecular weight excluding hydrogens is 436 g/mol. The highest BCUT2D eigenvalue weighted by atomic mass is 16.6. The molecule has 0 radical (unpaired) electrons. The Kier molecular flexibility index (Phi) is 6.50. The maximum atomic E-state index is 12.9. The van der Waals surface area contributed by atoms with E-state index in [9.17, 15) is 19.5 Å². The zero-order valence-corrected chi connectivity index (χ0v) is 19.6. The van der Waals surface area contributed by atoms with E-state index in [-0.39, 0.29) is 32.2 Å². The molecule has 2 atom stereocenters. The lowest BCUT2D eigenvalue weighted by atomic mass is 9.96. The van der Waals surface area contributed by atoms with Gasteiger partial charge >= 0.3 is 18.2 Å². The van der Waals surface area contributed by atoms with Gasteiger partial charge in [0.05, 0.1) is 5.92 Å². The minimum Gasteiger partial charge on any atom is -0.481 e. The molecule has 1 aliphatic carbocycles. The molecule has 2 aliphatic rings. The van der Waals surface area contributed by atoms with Crippen molar-refractivity contribution < 1.29 is 29.0 Å². The van der Waals surface area contributed by atoms with E-state index in [1.54, 1.807) is 20.8 Å². The molecule has 1 saturated heterocycles. The van der Waals surface area contributed by atoms with Crippen molar-refractivity contribution in [3.05, 3.63) is 59.7 Å². The molecule has 34 heavy (non-hydrogen) atoms. The van der Waals surface area contributed by atoms with E-state index in [2.05, 4.69) is 17.4 Å². The minimum absolute atomic E-state index is 0.0344. The summed E-state index contributed by atoms with van der Waals surface area (Å²) >= 11 is 0. The zero-order valence-electron chi connectivity index (χ0n) is 19.6. The average molecular weight is 467 g/mol. The monoisotopic (exact) mass is 466 g/mol. The molecule has 1 fully saturated rings. The van der Waals surface area contributed by atoms with E-state index in [0.29, 0.717) is 0 Å². The van der Waals surface area contributed by atoms with Crippen LogP contribution in [0.4, 0.5) is 9.59 Å². The second kappa shape index (κ2) is 9.37. The molecule has 0 bridgehead atoms. The molecule has 4 rings (SSSR count). The van der Waals surface area contributed by atoms with Crippen LogP contribution in [-0.4, -0.2) is 60.0 Å². The molecule has 8 nitrogen and oxygen atoms in total. The molecule has 0 saturated carbocycles. The summed E-state index contributed by atoms with van der Waals surface area (Å²) in [6.45, 7) is 5.74. The number of carboxylic acid groups (broad SMARTS) is 1. The smallest absolute Gasteiger partial charge is 0.409 e. The topological polar surface area (TPSA) is 105 Å². The van der Waals surface area contributed by atoms with Crippen LogP contribution < -0.4 is 5.32 Å². The van der Waals surface area contributed by atoms with Crippen molar-refractivity contribution in [2.45, 2.75) is 32.3 Å². The number of benzene rings is 2. The lowest BCUT2D eigenvalue weighted by molar-refractivity contribution is -0.142. The van der Waals surface area contributed by atoms with Gasteiger partial charge in [-0.15, -0.1) is 0 Å². The molecule has 1 aliphatic heterocycles. The lowest BCUT2D eigenvalue weighted by Crippen LogP contribution is -2.38. The van der Waals surface area contributed by atoms with Gasteiger partial charge in [-0.25, -0.2) is 9.59 Å². The fourth-order valence-corrected chi connectivity index (χ4v) is 4.72. The summed E-state index contributed by atoms with van der Waals surface area (Å²) in [7, 11) is 0. The predicted octanol–water partition coefficient (Wildman–Crippen LogP) is 4.09. The SMILES string of the molecule is CC(C)(C)OC(=O)NCC1CN(C(=O)OCC2c3ccccc3-c3ccccc32)CC1C(=O)O. The molecule has 2 amide bonds. The van der Waals surface area contributed by atoms with Crippen molar-refractivity contribution in [2.24, 2.45) is 11.8 Å². The molecule has 8 heteroatoms. The number of carboxylic acids is 1. The second-order valence-electron chi connectivity index (χ2n) is 9.80. The molecule has 1 heterocycles. The van der Waals surface area contributed by atoms with E-state index in [1.165, 1.54) is 4.90 Å². The Morgan fingerprint density at radius 1 is 1.00 bits per heavy atom. The number of likely N-dealkylation sites (tertiary alicyclic amines) is 1. The lowest BCUT2D eigenvalue weighted by Gasteiger charge is -2.21. The first-order valence-electron chi connectivity index (χ1n) is 11.4. The van der Waals surface area contributed by atoms with E-state index in [4.69, 9.17) is 9.47 Å². The summed E-state index contributed by atoms with van der Waals surface area (Å²) in [5.41, 5.74) is 3.85. The van der Waals surface area contributed by atoms with Crippen LogP contribution in [0.15, 0.2) is 48.5 Å². The number of fused-ring (bicyclic) bond motifs is 3. The summed E-state index contributed by atoms with van der Waals surface area (Å²) in [4.78, 5) is 38.0. The number of hydrogen-bond acceptors (Lipinski definition) is 5. The number of rotatable bonds is 5. The van der Waals surface area contributed by atoms with E-state index in [1.807, 2.05) is 36.4 Å². The van der Waals surface area contributed by atoms with Crippen molar-refractivity contribution >= 4 is 18.2 Å². The van der Waals surface area contributed by atoms with Gasteiger partial charge in [-0.05, 0) is 43.0 Å². The van der Waals surface area contributed by atoms with Gasteiger partial charge in [-0.2, -0.15) is 0 Å². The minimum atomic E-state index is -1.01. The largest absolute Gasteiger partial charge is 0.481 e. The second-order valence-corrected chi connectivity index (χ2v) is 9.80. The number of nitrogens with one attached hydrogen (secondary N) is 1. The van der Waals surface area contributed by atoms with Crippen LogP contribution >= 0.6 is 0 Å². The normalized spacial score (nSPS) is 19.3. The first-order valence-corrected chi connectivity index (χ1v) is 11.4. The van der Waals surface area contributed by atoms with E-state index >= 15 is 0 Å². The highest BCUT2D eigenvalue weighted by molar-refractivity contribution is 5.79. The Balaban J connectivity index is 1.38. The molecule has 180 valence electrons. The molecule has 0 aromatic heterocycles. The zero-order chi connectivity index (χ0) is 24.5. The Bertz CT molecular complexity index is 1050. The number of ether oxygens (including phenoxy) is 2. The van der Waals surface area contributed by atoms with Crippen LogP contribution in [0.1, 0.15) is 37.8 Å². The van der Waals surface area contributed by atoms with Gasteiger partial charge in [-0.1, -0.05) is 48.5 Å². The first-order chi connectivity index (χ1) is 16.1. The van der Waals surface area contributed by atoms with E-state index < -0.39 is 35.6 Å². The maximum absolute atomic E-state index is 12.9. The van der Waals surface area contributed by atoms with Crippen molar-refractivity contribution in [2.75, 3.05) is 26.2 Å². The molecule has 2 N–H and O–H groups in total. The van der Waals surface area contributed by atoms with Crippen molar-refractivity contribution in [3.8, 4) is 11.1 Å². The van der Waals surface area contributed by atoms with Crippen LogP contribution in [0.3, 0.4) is 0 Å². The van der Waals surface area contributed by atoms with Gasteiger partial charge in [0, 0.05) is 31.5 Å². The van der Waals surface area contributed by atoms with Crippen molar-refractivity contribution in [3.63, 3.8) is 0 Å². The van der Waals surface area contributed by atoms with Crippen LogP contribution in [-0.2, 0) is 14.3 Å². The quantitative estimate of drug-likeness (QED) is 0.688. The van der Waals surface area contributed by atoms with Gasteiger partial charge in [0.15, 0.2) is 0 Å². The van der Waals surface area contributed by atoms with Gasteiger partial charge in [0.1, 0.15) is 12.2 Å². The third-order valence-electron chi connectivity index (χ3n) is 6.26. The van der Waals surface area contributed by atoms with Gasteiger partial charge in [-0.3, -0.25) is 4.79 Å². The highest BCUT2D eigenvalue weighted by Crippen LogP contribution is 2.44. The molecule has 2 aromatic rings. The molecular formula is C26H30N2O6. The third-order valence-corrected chi connectivity index (χ3v) is 6.26. The highest BCUT2D eigenvalue weighted by Gasteiger charge is 2.41. The van der Waals surface area contributed by atoms with Crippen LogP contribution in [0, 0.1) is 11.8 Å². The van der Waals surface area contributed by atoms with Crippen molar-refractivity contribution in [1.82, 2.24) is 10.2 Å². The summed E-state index contributed by atoms with van der Waals surface area (Å²) in [6.07, 6.45) is -1.16. The van der Waals surface area contributed by atoms with Gasteiger partial charge in [0.2, 0.25) is 0 Å². The number of carbonyl (C=O) groups excluding carboxylic acids is 2. The Labute approximate surface area is 198 Å². The number of alkyl carbamates (subject to hydrolysis) is 1. The van der Waals surface area contributed by atoms with Crippen molar-refractivity contribution in [1.29, 1.82) is 0 Å². The Morgan fingerprint density at radius 3 is 2.15 bits per heavy atom. The van der Waals surface area contributed by atoms with E-state index in [0.717, 1.165) is 22.3 Å². The average Bonchev–Trinajstić information content (AvgIpc) is 3.35. The number of carbonyl (C=O) groups is 3. The number of aliphatic carboxylic acids is 1. The summed E-state index contributed by atoms with van der Waals surface area (Å²) < 4.78 is 10.9. The Hall–Kier alpha value is -3.55. The van der Waals surface area contributed by atoms with Gasteiger partial charge < -0.3 is 24.8 Å². The van der Waals surface area contributed by atoms with Crippen LogP contribution in [0.2, 0.25) is 0 Å². The third kappa shape index (κ3) is 5.00. The van der Waals surface area contributed by atoms with Crippen LogP contribution in [0.5, 0.6) is 0 Å². The number of nitrogens with zero attached hydrogens (tertiary/aromatic N) is 1. The molecule has 2 unspecified atom stereocenters. The standard InChI is InChI=1S/C26H30N2O6/c1-26(2,3)34-24(31)27-12-16-13-28(14-21(16)23(29)30)25(32)33-15-22-19-10-6-4-8-17(19)18-9-5-7-11-20(18)22/h4-11,16,21-22H,12-15H2,1-3H3,(H,27,31)(H,29,30). The fraction of sp³-hybridized carbons (Fsp3) is 0.423. The Morgan fingerprint density at radius 2 is 1.59 bits per heavy atom. The molecule has 0 spiro atoms. The van der Waals surface area contributed by atoms with Gasteiger partial charge in [0.25, 0.3) is 0 Å². The first kappa shape index (κ1) is 23.6. The summed E-state index contributed by atoms with van der Waals surface area (Å²) in [6, 6.07) is 16.1. The number of amides is 2. The summed E-state index contributed by atoms with van der Waals surface area (Å²) in [5, 5.41) is 12.3. The van der Waals surface area contributed by atoms with Crippen LogP contribution in [0.25, 0.3) is 11.1 Å². The number of hydrogen-bond donors (Lipinski definition) is 2. The predicted molar refractivity (Wildman–Crippen MR) is 125 cm³/mol. The fourth-order valence-electron chi connectivity index (χ4n) is 4.72. The molecule has 2 aromatic carbocycles. The summed E-state index contributed by atoms with van der Waals surface area (Å²) in [5.74, 6) is -2.32. The maximum Gasteiger partial charge on any atom is 0.409 e.